The first-order valence-electron chi connectivity index (χ1n) is 9.62. The summed E-state index contributed by atoms with van der Waals surface area (Å²) in [6.07, 6.45) is 7.21. The molecule has 4 heterocycles. The van der Waals surface area contributed by atoms with E-state index < -0.39 is 0 Å². The summed E-state index contributed by atoms with van der Waals surface area (Å²) in [5, 5.41) is 4.34. The summed E-state index contributed by atoms with van der Waals surface area (Å²) >= 11 is 5.72. The largest absolute Gasteiger partial charge is 0.379 e. The molecule has 2 aliphatic rings. The van der Waals surface area contributed by atoms with Crippen LogP contribution in [0.4, 0.5) is 0 Å². The van der Waals surface area contributed by atoms with Crippen LogP contribution in [-0.2, 0) is 11.8 Å². The zero-order valence-corrected chi connectivity index (χ0v) is 16.6. The van der Waals surface area contributed by atoms with Crippen LogP contribution in [0, 0.1) is 0 Å². The molecule has 6 nitrogen and oxygen atoms in total. The van der Waals surface area contributed by atoms with E-state index in [2.05, 4.69) is 56.2 Å². The van der Waals surface area contributed by atoms with Crippen LogP contribution in [0.2, 0.25) is 0 Å². The Morgan fingerprint density at radius 1 is 1.22 bits per heavy atom. The van der Waals surface area contributed by atoms with Gasteiger partial charge in [0, 0.05) is 51.8 Å². The van der Waals surface area contributed by atoms with Gasteiger partial charge >= 0.3 is 0 Å². The van der Waals surface area contributed by atoms with Crippen molar-refractivity contribution in [3.05, 3.63) is 54.1 Å². The molecule has 2 fully saturated rings. The molecule has 0 spiro atoms. The Balaban J connectivity index is 1.50. The van der Waals surface area contributed by atoms with Gasteiger partial charge in [-0.25, -0.2) is 0 Å². The predicted molar refractivity (Wildman–Crippen MR) is 109 cm³/mol. The Labute approximate surface area is 166 Å². The lowest BCUT2D eigenvalue weighted by atomic mass is 9.99. The molecular formula is C20H27N5OS. The van der Waals surface area contributed by atoms with Crippen molar-refractivity contribution in [1.82, 2.24) is 24.7 Å². The van der Waals surface area contributed by atoms with E-state index in [4.69, 9.17) is 17.0 Å². The normalized spacial score (nSPS) is 23.6. The average Bonchev–Trinajstić information content (AvgIpc) is 3.27. The number of nitrogens with one attached hydrogen (secondary N) is 1. The zero-order chi connectivity index (χ0) is 18.6. The molecule has 2 aliphatic heterocycles. The van der Waals surface area contributed by atoms with Crippen LogP contribution in [-0.4, -0.2) is 63.9 Å². The van der Waals surface area contributed by atoms with Crippen molar-refractivity contribution < 1.29 is 4.74 Å². The third-order valence-electron chi connectivity index (χ3n) is 5.37. The molecule has 27 heavy (non-hydrogen) atoms. The molecule has 7 heteroatoms. The standard InChI is InChI=1S/C20H27N5OS/c1-23-10-6-16(15-23)19-18(17-5-2-3-7-21-17)22-20(27)25(19)9-4-8-24-11-13-26-14-12-24/h2-3,5-7,10,15,18-19H,4,8-9,11-14H2,1H3,(H,22,27)/t18-,19+/m0/s1. The van der Waals surface area contributed by atoms with Gasteiger partial charge in [0.1, 0.15) is 0 Å². The van der Waals surface area contributed by atoms with Crippen molar-refractivity contribution in [2.45, 2.75) is 18.5 Å². The molecule has 0 radical (unpaired) electrons. The predicted octanol–water partition coefficient (Wildman–Crippen LogP) is 2.11. The Hall–Kier alpha value is -1.96. The molecule has 1 N–H and O–H groups in total. The quantitative estimate of drug-likeness (QED) is 0.769. The minimum absolute atomic E-state index is 0.0736. The molecule has 0 aliphatic carbocycles. The molecule has 0 unspecified atom stereocenters. The highest BCUT2D eigenvalue weighted by Crippen LogP contribution is 2.38. The number of aryl methyl sites for hydroxylation is 1. The van der Waals surface area contributed by atoms with E-state index in [0.29, 0.717) is 0 Å². The van der Waals surface area contributed by atoms with E-state index >= 15 is 0 Å². The van der Waals surface area contributed by atoms with Crippen LogP contribution in [0.3, 0.4) is 0 Å². The lowest BCUT2D eigenvalue weighted by Crippen LogP contribution is -2.38. The van der Waals surface area contributed by atoms with Gasteiger partial charge in [0.2, 0.25) is 0 Å². The molecule has 2 saturated heterocycles. The van der Waals surface area contributed by atoms with E-state index in [1.165, 1.54) is 5.56 Å². The van der Waals surface area contributed by atoms with Gasteiger partial charge in [-0.2, -0.15) is 0 Å². The van der Waals surface area contributed by atoms with Gasteiger partial charge in [-0.3, -0.25) is 9.88 Å². The summed E-state index contributed by atoms with van der Waals surface area (Å²) in [5.74, 6) is 0. The van der Waals surface area contributed by atoms with Crippen LogP contribution in [0.15, 0.2) is 42.9 Å². The minimum Gasteiger partial charge on any atom is -0.379 e. The fraction of sp³-hybridized carbons (Fsp3) is 0.500. The van der Waals surface area contributed by atoms with Crippen molar-refractivity contribution in [2.75, 3.05) is 39.4 Å². The minimum atomic E-state index is 0.0736. The Kier molecular flexibility index (Phi) is 5.71. The Morgan fingerprint density at radius 3 is 2.78 bits per heavy atom. The maximum Gasteiger partial charge on any atom is 0.170 e. The first-order chi connectivity index (χ1) is 13.2. The number of aromatic nitrogens is 2. The molecule has 144 valence electrons. The van der Waals surface area contributed by atoms with Gasteiger partial charge in [0.25, 0.3) is 0 Å². The van der Waals surface area contributed by atoms with Gasteiger partial charge in [-0.05, 0) is 42.4 Å². The Morgan fingerprint density at radius 2 is 2.07 bits per heavy atom. The van der Waals surface area contributed by atoms with Gasteiger partial charge in [0.15, 0.2) is 5.11 Å². The van der Waals surface area contributed by atoms with Gasteiger partial charge in [-0.15, -0.1) is 0 Å². The number of nitrogens with zero attached hydrogens (tertiary/aromatic N) is 4. The highest BCUT2D eigenvalue weighted by Gasteiger charge is 2.39. The van der Waals surface area contributed by atoms with E-state index in [9.17, 15) is 0 Å². The fourth-order valence-corrected chi connectivity index (χ4v) is 4.33. The maximum atomic E-state index is 5.72. The lowest BCUT2D eigenvalue weighted by molar-refractivity contribution is 0.0365. The molecule has 2 aromatic rings. The number of thiocarbonyl (C=S) groups is 1. The number of ether oxygens (including phenoxy) is 1. The molecular weight excluding hydrogens is 358 g/mol. The Bertz CT molecular complexity index is 759. The van der Waals surface area contributed by atoms with Crippen molar-refractivity contribution in [1.29, 1.82) is 0 Å². The zero-order valence-electron chi connectivity index (χ0n) is 15.8. The second kappa shape index (κ2) is 8.37. The topological polar surface area (TPSA) is 45.6 Å². The number of rotatable bonds is 6. The van der Waals surface area contributed by atoms with Crippen LogP contribution >= 0.6 is 12.2 Å². The van der Waals surface area contributed by atoms with Crippen molar-refractivity contribution in [3.8, 4) is 0 Å². The molecule has 4 rings (SSSR count). The van der Waals surface area contributed by atoms with Crippen LogP contribution in [0.25, 0.3) is 0 Å². The lowest BCUT2D eigenvalue weighted by Gasteiger charge is -2.30. The van der Waals surface area contributed by atoms with Gasteiger partial charge in [-0.1, -0.05) is 6.07 Å². The molecule has 2 atom stereocenters. The monoisotopic (exact) mass is 385 g/mol. The van der Waals surface area contributed by atoms with E-state index in [0.717, 1.165) is 56.6 Å². The summed E-state index contributed by atoms with van der Waals surface area (Å²) in [5.41, 5.74) is 2.30. The second-order valence-electron chi connectivity index (χ2n) is 7.24. The summed E-state index contributed by atoms with van der Waals surface area (Å²) in [6.45, 7) is 5.77. The maximum absolute atomic E-state index is 5.72. The number of hydrogen-bond acceptors (Lipinski definition) is 4. The number of hydrogen-bond donors (Lipinski definition) is 1. The van der Waals surface area contributed by atoms with Gasteiger partial charge in [0.05, 0.1) is 31.0 Å². The van der Waals surface area contributed by atoms with Gasteiger partial charge < -0.3 is 19.5 Å². The van der Waals surface area contributed by atoms with Crippen molar-refractivity contribution in [2.24, 2.45) is 7.05 Å². The highest BCUT2D eigenvalue weighted by molar-refractivity contribution is 7.80. The summed E-state index contributed by atoms with van der Waals surface area (Å²) < 4.78 is 7.54. The molecule has 0 bridgehead atoms. The molecule has 2 aromatic heterocycles. The SMILES string of the molecule is Cn1ccc([C@@H]2[C@H](c3ccccn3)NC(=S)N2CCCN2CCOCC2)c1. The molecule has 0 saturated carbocycles. The van der Waals surface area contributed by atoms with E-state index in [1.807, 2.05) is 18.3 Å². The third kappa shape index (κ3) is 4.15. The average molecular weight is 386 g/mol. The molecule has 0 aromatic carbocycles. The van der Waals surface area contributed by atoms with E-state index in [1.54, 1.807) is 0 Å². The van der Waals surface area contributed by atoms with Crippen molar-refractivity contribution >= 4 is 17.3 Å². The number of morpholine rings is 1. The smallest absolute Gasteiger partial charge is 0.170 e. The third-order valence-corrected chi connectivity index (χ3v) is 5.72. The van der Waals surface area contributed by atoms with E-state index in [-0.39, 0.29) is 12.1 Å². The van der Waals surface area contributed by atoms with Crippen LogP contribution in [0.1, 0.15) is 29.8 Å². The number of pyridine rings is 1. The summed E-state index contributed by atoms with van der Waals surface area (Å²) in [7, 11) is 2.06. The van der Waals surface area contributed by atoms with Crippen LogP contribution in [0.5, 0.6) is 0 Å². The first kappa shape index (κ1) is 18.4. The second-order valence-corrected chi connectivity index (χ2v) is 7.62. The molecule has 0 amide bonds. The first-order valence-corrected chi connectivity index (χ1v) is 10.0. The summed E-state index contributed by atoms with van der Waals surface area (Å²) in [4.78, 5) is 9.40. The van der Waals surface area contributed by atoms with Crippen molar-refractivity contribution in [3.63, 3.8) is 0 Å². The summed E-state index contributed by atoms with van der Waals surface area (Å²) in [6, 6.07) is 8.49. The van der Waals surface area contributed by atoms with Crippen LogP contribution < -0.4 is 5.32 Å². The fourth-order valence-electron chi connectivity index (χ4n) is 4.00. The highest BCUT2D eigenvalue weighted by atomic mass is 32.1.